The van der Waals surface area contributed by atoms with Crippen LogP contribution in [0.15, 0.2) is 12.7 Å². The van der Waals surface area contributed by atoms with E-state index in [-0.39, 0.29) is 18.7 Å². The smallest absolute Gasteiger partial charge is 0.306 e. The van der Waals surface area contributed by atoms with E-state index in [0.29, 0.717) is 11.2 Å². The van der Waals surface area contributed by atoms with Crippen molar-refractivity contribution in [3.8, 4) is 0 Å². The number of carbonyl (C=O) groups excluding carboxylic acids is 2. The van der Waals surface area contributed by atoms with Crippen LogP contribution in [0.4, 0.5) is 5.82 Å². The maximum absolute atomic E-state index is 11.9. The molecule has 11 heteroatoms. The zero-order valence-corrected chi connectivity index (χ0v) is 14.9. The Morgan fingerprint density at radius 3 is 2.48 bits per heavy atom. The lowest BCUT2D eigenvalue weighted by Crippen LogP contribution is -2.40. The minimum absolute atomic E-state index is 0.126. The van der Waals surface area contributed by atoms with E-state index in [1.54, 1.807) is 13.8 Å². The predicted molar refractivity (Wildman–Crippen MR) is 91.1 cm³/mol. The molecule has 0 bridgehead atoms. The third-order valence-electron chi connectivity index (χ3n) is 4.24. The first-order valence-electron chi connectivity index (χ1n) is 8.58. The number of aliphatic hydroxyl groups excluding tert-OH is 1. The lowest BCUT2D eigenvalue weighted by molar-refractivity contribution is -0.168. The zero-order valence-electron chi connectivity index (χ0n) is 14.9. The van der Waals surface area contributed by atoms with E-state index in [0.717, 1.165) is 0 Å². The number of imidazole rings is 1. The lowest BCUT2D eigenvalue weighted by Gasteiger charge is -2.24. The Morgan fingerprint density at radius 1 is 1.19 bits per heavy atom. The molecular formula is C16H21N5O6. The van der Waals surface area contributed by atoms with Crippen molar-refractivity contribution < 1.29 is 28.9 Å². The van der Waals surface area contributed by atoms with Crippen molar-refractivity contribution >= 4 is 28.9 Å². The summed E-state index contributed by atoms with van der Waals surface area (Å²) in [6.45, 7) is 2.85. The van der Waals surface area contributed by atoms with E-state index in [9.17, 15) is 14.7 Å². The molecule has 11 nitrogen and oxygen atoms in total. The number of nitrogens with zero attached hydrogens (tertiary/aromatic N) is 4. The Hall–Kier alpha value is -2.79. The molecule has 146 valence electrons. The maximum Gasteiger partial charge on any atom is 0.306 e. The summed E-state index contributed by atoms with van der Waals surface area (Å²) < 4.78 is 18.2. The summed E-state index contributed by atoms with van der Waals surface area (Å²) >= 11 is 0. The highest BCUT2D eigenvalue weighted by Crippen LogP contribution is 2.36. The van der Waals surface area contributed by atoms with Gasteiger partial charge in [-0.2, -0.15) is 0 Å². The number of esters is 2. The van der Waals surface area contributed by atoms with Crippen molar-refractivity contribution in [2.75, 3.05) is 12.3 Å². The molecule has 27 heavy (non-hydrogen) atoms. The van der Waals surface area contributed by atoms with Crippen LogP contribution in [0.1, 0.15) is 32.9 Å². The highest BCUT2D eigenvalue weighted by Gasteiger charge is 2.50. The van der Waals surface area contributed by atoms with Crippen molar-refractivity contribution in [2.24, 2.45) is 0 Å². The maximum atomic E-state index is 11.9. The van der Waals surface area contributed by atoms with Gasteiger partial charge in [0.25, 0.3) is 0 Å². The predicted octanol–water partition coefficient (Wildman–Crippen LogP) is -0.0582. The monoisotopic (exact) mass is 379 g/mol. The van der Waals surface area contributed by atoms with Crippen LogP contribution in [0.5, 0.6) is 0 Å². The van der Waals surface area contributed by atoms with Gasteiger partial charge in [0.1, 0.15) is 17.9 Å². The molecular weight excluding hydrogens is 358 g/mol. The number of anilines is 1. The Kier molecular flexibility index (Phi) is 5.51. The van der Waals surface area contributed by atoms with Gasteiger partial charge in [-0.05, 0) is 0 Å². The Morgan fingerprint density at radius 2 is 1.85 bits per heavy atom. The van der Waals surface area contributed by atoms with Gasteiger partial charge in [0.15, 0.2) is 29.9 Å². The van der Waals surface area contributed by atoms with Crippen LogP contribution in [0, 0.1) is 0 Å². The fourth-order valence-corrected chi connectivity index (χ4v) is 2.87. The number of carbonyl (C=O) groups is 2. The Bertz CT molecular complexity index is 840. The second kappa shape index (κ2) is 7.84. The number of hydrogen-bond donors (Lipinski definition) is 2. The minimum atomic E-state index is -0.987. The molecule has 3 N–H and O–H groups in total. The SMILES string of the molecule is CCC(=O)O[C@H]1[C@H](OC(=O)CC)[C@@H](CO)O[C@H]1n1cnc2c(N)ncnc21. The van der Waals surface area contributed by atoms with Crippen LogP contribution in [-0.4, -0.2) is 61.5 Å². The fraction of sp³-hybridized carbons (Fsp3) is 0.562. The second-order valence-corrected chi connectivity index (χ2v) is 5.95. The van der Waals surface area contributed by atoms with Gasteiger partial charge in [-0.1, -0.05) is 13.8 Å². The Balaban J connectivity index is 2.01. The molecule has 0 aliphatic carbocycles. The highest BCUT2D eigenvalue weighted by atomic mass is 16.6. The van der Waals surface area contributed by atoms with Gasteiger partial charge in [0.05, 0.1) is 12.9 Å². The highest BCUT2D eigenvalue weighted by molar-refractivity contribution is 5.81. The summed E-state index contributed by atoms with van der Waals surface area (Å²) in [5.74, 6) is -0.808. The normalized spacial score (nSPS) is 24.9. The van der Waals surface area contributed by atoms with Gasteiger partial charge in [-0.25, -0.2) is 15.0 Å². The Labute approximate surface area is 154 Å². The largest absolute Gasteiger partial charge is 0.455 e. The van der Waals surface area contributed by atoms with Crippen LogP contribution in [0.2, 0.25) is 0 Å². The molecule has 1 aliphatic rings. The van der Waals surface area contributed by atoms with Crippen LogP contribution in [0.25, 0.3) is 11.2 Å². The lowest BCUT2D eigenvalue weighted by atomic mass is 10.1. The number of hydrogen-bond acceptors (Lipinski definition) is 10. The third kappa shape index (κ3) is 3.55. The molecule has 1 fully saturated rings. The molecule has 1 aliphatic heterocycles. The van der Waals surface area contributed by atoms with E-state index in [1.807, 2.05) is 0 Å². The van der Waals surface area contributed by atoms with E-state index in [4.69, 9.17) is 19.9 Å². The molecule has 0 saturated carbocycles. The first-order chi connectivity index (χ1) is 13.0. The first-order valence-corrected chi connectivity index (χ1v) is 8.58. The number of nitrogen functional groups attached to an aromatic ring is 1. The van der Waals surface area contributed by atoms with Gasteiger partial charge < -0.3 is 25.1 Å². The van der Waals surface area contributed by atoms with Crippen molar-refractivity contribution in [1.29, 1.82) is 0 Å². The number of ether oxygens (including phenoxy) is 3. The van der Waals surface area contributed by atoms with Gasteiger partial charge in [0.2, 0.25) is 0 Å². The average molecular weight is 379 g/mol. The number of rotatable bonds is 6. The topological polar surface area (TPSA) is 152 Å². The summed E-state index contributed by atoms with van der Waals surface area (Å²) in [7, 11) is 0. The number of nitrogens with two attached hydrogens (primary N) is 1. The van der Waals surface area contributed by atoms with Crippen LogP contribution in [0.3, 0.4) is 0 Å². The molecule has 4 atom stereocenters. The molecule has 3 rings (SSSR count). The van der Waals surface area contributed by atoms with E-state index in [2.05, 4.69) is 15.0 Å². The number of aromatic nitrogens is 4. The summed E-state index contributed by atoms with van der Waals surface area (Å²) in [5, 5.41) is 9.68. The molecule has 0 radical (unpaired) electrons. The number of fused-ring (bicyclic) bond motifs is 1. The molecule has 1 saturated heterocycles. The van der Waals surface area contributed by atoms with Gasteiger partial charge >= 0.3 is 11.9 Å². The fourth-order valence-electron chi connectivity index (χ4n) is 2.87. The number of aliphatic hydroxyl groups is 1. The average Bonchev–Trinajstić information content (AvgIpc) is 3.24. The molecule has 2 aromatic heterocycles. The van der Waals surface area contributed by atoms with Crippen LogP contribution >= 0.6 is 0 Å². The molecule has 0 unspecified atom stereocenters. The van der Waals surface area contributed by atoms with Crippen molar-refractivity contribution in [2.45, 2.75) is 51.2 Å². The summed E-state index contributed by atoms with van der Waals surface area (Å²) in [5.41, 5.74) is 6.53. The second-order valence-electron chi connectivity index (χ2n) is 5.95. The molecule has 2 aromatic rings. The van der Waals surface area contributed by atoms with E-state index < -0.39 is 43.1 Å². The van der Waals surface area contributed by atoms with Gasteiger partial charge in [-0.3, -0.25) is 14.2 Å². The van der Waals surface area contributed by atoms with Crippen LogP contribution < -0.4 is 5.73 Å². The molecule has 0 spiro atoms. The summed E-state index contributed by atoms with van der Waals surface area (Å²) in [4.78, 5) is 36.0. The van der Waals surface area contributed by atoms with Crippen molar-refractivity contribution in [3.63, 3.8) is 0 Å². The minimum Gasteiger partial charge on any atom is -0.455 e. The van der Waals surface area contributed by atoms with E-state index >= 15 is 0 Å². The first kappa shape index (κ1) is 19.0. The quantitative estimate of drug-likeness (QED) is 0.653. The van der Waals surface area contributed by atoms with Gasteiger partial charge in [0, 0.05) is 12.8 Å². The van der Waals surface area contributed by atoms with E-state index in [1.165, 1.54) is 17.2 Å². The van der Waals surface area contributed by atoms with Crippen molar-refractivity contribution in [3.05, 3.63) is 12.7 Å². The zero-order chi connectivity index (χ0) is 19.6. The van der Waals surface area contributed by atoms with Crippen molar-refractivity contribution in [1.82, 2.24) is 19.5 Å². The molecule has 0 amide bonds. The molecule has 0 aromatic carbocycles. The van der Waals surface area contributed by atoms with Gasteiger partial charge in [-0.15, -0.1) is 0 Å². The third-order valence-corrected chi connectivity index (χ3v) is 4.24. The summed E-state index contributed by atoms with van der Waals surface area (Å²) in [6, 6.07) is 0. The van der Waals surface area contributed by atoms with Crippen LogP contribution in [-0.2, 0) is 23.8 Å². The standard InChI is InChI=1S/C16H21N5O6/c1-3-9(23)26-12-8(5-22)25-16(13(12)27-10(24)4-2)21-7-20-11-14(17)18-6-19-15(11)21/h6-8,12-13,16,22H,3-5H2,1-2H3,(H2,17,18,19)/t8-,12-,13+,16-/m1/s1. The molecule has 3 heterocycles. The summed E-state index contributed by atoms with van der Waals surface area (Å²) in [6.07, 6.45) is -0.796.